The Labute approximate surface area is 95.9 Å². The fourth-order valence-corrected chi connectivity index (χ4v) is 2.12. The van der Waals surface area contributed by atoms with Gasteiger partial charge in [0.2, 0.25) is 0 Å². The number of thiazole rings is 1. The topological polar surface area (TPSA) is 12.9 Å². The minimum Gasteiger partial charge on any atom is -0.235 e. The predicted molar refractivity (Wildman–Crippen MR) is 60.6 cm³/mol. The van der Waals surface area contributed by atoms with Crippen molar-refractivity contribution in [3.8, 4) is 0 Å². The highest BCUT2D eigenvalue weighted by atomic mass is 32.1. The van der Waals surface area contributed by atoms with Crippen LogP contribution in [-0.4, -0.2) is 4.98 Å². The van der Waals surface area contributed by atoms with Gasteiger partial charge in [0.15, 0.2) is 5.01 Å². The molecule has 0 fully saturated rings. The molecule has 16 heavy (non-hydrogen) atoms. The number of aryl methyl sites for hydroxylation is 1. The maximum atomic E-state index is 13.2. The molecular weight excluding hydrogens is 235 g/mol. The van der Waals surface area contributed by atoms with Crippen molar-refractivity contribution in [3.05, 3.63) is 28.5 Å². The zero-order chi connectivity index (χ0) is 12.3. The molecule has 0 aliphatic heterocycles. The lowest BCUT2D eigenvalue weighted by atomic mass is 10.2. The van der Waals surface area contributed by atoms with Crippen LogP contribution in [0, 0.1) is 12.7 Å². The molecule has 0 amide bonds. The van der Waals surface area contributed by atoms with Crippen LogP contribution >= 0.6 is 11.3 Å². The molecule has 0 N–H and O–H groups in total. The highest BCUT2D eigenvalue weighted by molar-refractivity contribution is 7.18. The smallest absolute Gasteiger partial charge is 0.235 e. The summed E-state index contributed by atoms with van der Waals surface area (Å²) >= 11 is 0.710. The maximum absolute atomic E-state index is 13.2. The Morgan fingerprint density at radius 1 is 1.25 bits per heavy atom. The standard InChI is InChI=1S/C9H6F3NS.C2H6/c1-4-2-3-5(10)7-6(4)13-9(14-7)8(11)12;1-2/h2-3,8H,1H3;1-2H3. The average molecular weight is 247 g/mol. The molecular formula is C11H12F3NS. The van der Waals surface area contributed by atoms with Crippen molar-refractivity contribution in [3.63, 3.8) is 0 Å². The normalized spacial score (nSPS) is 10.4. The summed E-state index contributed by atoms with van der Waals surface area (Å²) in [5, 5.41) is -0.326. The van der Waals surface area contributed by atoms with Crippen molar-refractivity contribution < 1.29 is 13.2 Å². The van der Waals surface area contributed by atoms with Crippen LogP contribution in [0.15, 0.2) is 12.1 Å². The Morgan fingerprint density at radius 3 is 2.38 bits per heavy atom. The predicted octanol–water partition coefficient (Wildman–Crippen LogP) is 4.71. The van der Waals surface area contributed by atoms with Crippen molar-refractivity contribution in [1.82, 2.24) is 4.98 Å². The number of halogens is 3. The number of benzene rings is 1. The van der Waals surface area contributed by atoms with Crippen molar-refractivity contribution in [2.45, 2.75) is 27.2 Å². The summed E-state index contributed by atoms with van der Waals surface area (Å²) in [6, 6.07) is 2.80. The molecule has 1 aromatic heterocycles. The second-order valence-corrected chi connectivity index (χ2v) is 3.93. The summed E-state index contributed by atoms with van der Waals surface area (Å²) < 4.78 is 38.0. The first-order valence-corrected chi connectivity index (χ1v) is 5.75. The van der Waals surface area contributed by atoms with E-state index in [-0.39, 0.29) is 9.71 Å². The fraction of sp³-hybridized carbons (Fsp3) is 0.364. The second-order valence-electron chi connectivity index (χ2n) is 2.89. The number of hydrogen-bond donors (Lipinski definition) is 0. The summed E-state index contributed by atoms with van der Waals surface area (Å²) in [5.41, 5.74) is 1.05. The summed E-state index contributed by atoms with van der Waals surface area (Å²) in [6.07, 6.45) is -2.63. The van der Waals surface area contributed by atoms with E-state index in [0.717, 1.165) is 0 Å². The van der Waals surface area contributed by atoms with Gasteiger partial charge in [-0.15, -0.1) is 11.3 Å². The molecule has 2 rings (SSSR count). The quantitative estimate of drug-likeness (QED) is 0.711. The number of fused-ring (bicyclic) bond motifs is 1. The Hall–Kier alpha value is -1.10. The molecule has 0 bridgehead atoms. The van der Waals surface area contributed by atoms with Crippen LogP contribution in [0.5, 0.6) is 0 Å². The maximum Gasteiger partial charge on any atom is 0.289 e. The first kappa shape index (κ1) is 13.0. The van der Waals surface area contributed by atoms with Gasteiger partial charge in [-0.05, 0) is 18.6 Å². The highest BCUT2D eigenvalue weighted by Gasteiger charge is 2.16. The summed E-state index contributed by atoms with van der Waals surface area (Å²) in [7, 11) is 0. The van der Waals surface area contributed by atoms with Crippen LogP contribution in [-0.2, 0) is 0 Å². The summed E-state index contributed by atoms with van der Waals surface area (Å²) in [6.45, 7) is 5.72. The van der Waals surface area contributed by atoms with Gasteiger partial charge in [-0.25, -0.2) is 18.2 Å². The highest BCUT2D eigenvalue weighted by Crippen LogP contribution is 2.32. The van der Waals surface area contributed by atoms with Crippen LogP contribution in [0.1, 0.15) is 30.8 Å². The van der Waals surface area contributed by atoms with Gasteiger partial charge in [0.05, 0.1) is 10.2 Å². The molecule has 1 nitrogen and oxygen atoms in total. The fourth-order valence-electron chi connectivity index (χ4n) is 1.21. The van der Waals surface area contributed by atoms with Crippen LogP contribution in [0.3, 0.4) is 0 Å². The van der Waals surface area contributed by atoms with Crippen LogP contribution in [0.2, 0.25) is 0 Å². The molecule has 0 radical (unpaired) electrons. The molecule has 5 heteroatoms. The molecule has 0 saturated carbocycles. The van der Waals surface area contributed by atoms with E-state index in [4.69, 9.17) is 0 Å². The monoisotopic (exact) mass is 247 g/mol. The van der Waals surface area contributed by atoms with Gasteiger partial charge in [0.1, 0.15) is 5.82 Å². The molecule has 2 aromatic rings. The number of aromatic nitrogens is 1. The lowest BCUT2D eigenvalue weighted by molar-refractivity contribution is 0.151. The van der Waals surface area contributed by atoms with Crippen molar-refractivity contribution in [2.24, 2.45) is 0 Å². The van der Waals surface area contributed by atoms with Crippen LogP contribution in [0.4, 0.5) is 13.2 Å². The number of hydrogen-bond acceptors (Lipinski definition) is 2. The Bertz CT molecular complexity index is 440. The number of nitrogens with zero attached hydrogens (tertiary/aromatic N) is 1. The molecule has 0 aliphatic carbocycles. The van der Waals surface area contributed by atoms with Gasteiger partial charge in [-0.3, -0.25) is 0 Å². The van der Waals surface area contributed by atoms with Gasteiger partial charge in [-0.1, -0.05) is 19.9 Å². The first-order valence-electron chi connectivity index (χ1n) is 4.93. The SMILES string of the molecule is CC.Cc1ccc(F)c2sc(C(F)F)nc12. The number of alkyl halides is 2. The zero-order valence-corrected chi connectivity index (χ0v) is 10.0. The van der Waals surface area contributed by atoms with E-state index < -0.39 is 12.2 Å². The minimum atomic E-state index is -2.63. The first-order chi connectivity index (χ1) is 7.59. The lowest BCUT2D eigenvalue weighted by Crippen LogP contribution is -1.82. The van der Waals surface area contributed by atoms with Crippen molar-refractivity contribution in [2.75, 3.05) is 0 Å². The molecule has 0 aliphatic rings. The molecule has 1 heterocycles. The Morgan fingerprint density at radius 2 is 1.88 bits per heavy atom. The molecule has 0 saturated heterocycles. The van der Waals surface area contributed by atoms with Crippen LogP contribution < -0.4 is 0 Å². The van der Waals surface area contributed by atoms with Crippen LogP contribution in [0.25, 0.3) is 10.2 Å². The van der Waals surface area contributed by atoms with Gasteiger partial charge in [-0.2, -0.15) is 0 Å². The third kappa shape index (κ3) is 2.35. The van der Waals surface area contributed by atoms with E-state index in [0.29, 0.717) is 22.4 Å². The Kier molecular flexibility index (Phi) is 4.29. The molecule has 0 atom stereocenters. The van der Waals surface area contributed by atoms with Gasteiger partial charge in [0.25, 0.3) is 6.43 Å². The van der Waals surface area contributed by atoms with E-state index in [9.17, 15) is 13.2 Å². The summed E-state index contributed by atoms with van der Waals surface area (Å²) in [4.78, 5) is 3.70. The van der Waals surface area contributed by atoms with Gasteiger partial charge in [0, 0.05) is 0 Å². The Balaban J connectivity index is 0.000000606. The van der Waals surface area contributed by atoms with E-state index in [2.05, 4.69) is 4.98 Å². The van der Waals surface area contributed by atoms with Crippen molar-refractivity contribution in [1.29, 1.82) is 0 Å². The average Bonchev–Trinajstić information content (AvgIpc) is 2.72. The van der Waals surface area contributed by atoms with E-state index in [1.54, 1.807) is 6.92 Å². The third-order valence-electron chi connectivity index (χ3n) is 1.90. The van der Waals surface area contributed by atoms with Gasteiger partial charge >= 0.3 is 0 Å². The van der Waals surface area contributed by atoms with Crippen molar-refractivity contribution >= 4 is 21.6 Å². The molecule has 0 spiro atoms. The largest absolute Gasteiger partial charge is 0.289 e. The second kappa shape index (κ2) is 5.30. The summed E-state index contributed by atoms with van der Waals surface area (Å²) in [5.74, 6) is -0.491. The minimum absolute atomic E-state index is 0.209. The van der Waals surface area contributed by atoms with E-state index in [1.165, 1.54) is 12.1 Å². The van der Waals surface area contributed by atoms with E-state index >= 15 is 0 Å². The molecule has 0 unspecified atom stereocenters. The third-order valence-corrected chi connectivity index (χ3v) is 2.97. The van der Waals surface area contributed by atoms with Gasteiger partial charge < -0.3 is 0 Å². The number of rotatable bonds is 1. The van der Waals surface area contributed by atoms with E-state index in [1.807, 2.05) is 13.8 Å². The molecule has 88 valence electrons. The zero-order valence-electron chi connectivity index (χ0n) is 9.22. The molecule has 1 aromatic carbocycles. The lowest BCUT2D eigenvalue weighted by Gasteiger charge is -1.93.